The minimum absolute atomic E-state index is 0.121. The van der Waals surface area contributed by atoms with Gasteiger partial charge in [-0.3, -0.25) is 0 Å². The van der Waals surface area contributed by atoms with E-state index >= 15 is 0 Å². The summed E-state index contributed by atoms with van der Waals surface area (Å²) in [7, 11) is 0. The van der Waals surface area contributed by atoms with Gasteiger partial charge in [-0.2, -0.15) is 0 Å². The maximum absolute atomic E-state index is 3.82. The van der Waals surface area contributed by atoms with Gasteiger partial charge in [0, 0.05) is 24.5 Å². The first-order chi connectivity index (χ1) is 19.2. The van der Waals surface area contributed by atoms with Crippen molar-refractivity contribution in [3.63, 3.8) is 0 Å². The summed E-state index contributed by atoms with van der Waals surface area (Å²) < 4.78 is 0. The highest BCUT2D eigenvalue weighted by Gasteiger charge is 2.28. The number of fused-ring (bicyclic) bond motifs is 6. The Hall–Kier alpha value is -4.70. The minimum atomic E-state index is 0.121. The average molecular weight is 507 g/mol. The quantitative estimate of drug-likeness (QED) is 0.300. The van der Waals surface area contributed by atoms with Gasteiger partial charge in [0.25, 0.3) is 0 Å². The molecule has 5 aliphatic rings. The second kappa shape index (κ2) is 8.67. The van der Waals surface area contributed by atoms with Gasteiger partial charge in [-0.25, -0.2) is 0 Å². The number of benzene rings is 3. The van der Waals surface area contributed by atoms with E-state index in [0.717, 1.165) is 18.8 Å². The van der Waals surface area contributed by atoms with Crippen LogP contribution in [0.2, 0.25) is 0 Å². The van der Waals surface area contributed by atoms with Crippen molar-refractivity contribution in [3.05, 3.63) is 136 Å². The third-order valence-electron chi connectivity index (χ3n) is 8.36. The topological polar surface area (TPSA) is 48.1 Å². The number of anilines is 2. The third kappa shape index (κ3) is 3.75. The van der Waals surface area contributed by atoms with Gasteiger partial charge in [0.2, 0.25) is 0 Å². The average Bonchev–Trinajstić information content (AvgIpc) is 2.99. The van der Waals surface area contributed by atoms with Crippen LogP contribution in [0.1, 0.15) is 35.2 Å². The van der Waals surface area contributed by atoms with Crippen molar-refractivity contribution in [1.29, 1.82) is 0 Å². The van der Waals surface area contributed by atoms with Crippen molar-refractivity contribution in [1.82, 2.24) is 10.6 Å². The number of nitrogens with one attached hydrogen (secondary N) is 4. The van der Waals surface area contributed by atoms with Crippen LogP contribution in [-0.2, 0) is 0 Å². The molecular formula is C35H30N4. The number of hydrogen-bond acceptors (Lipinski definition) is 4. The standard InChI is InChI=1S/C35H30N4/c1-21-17-28-11-8-25-13-15-31(39-35(25)33(28)37-20-21)27-10-5-22-4-9-26(18-29(22)19-27)30-14-12-24-7-6-23-3-2-16-36-32(23)34(24)38-30/h2-15,17-19,30,35-39H,16,20H2,1H3. The smallest absolute Gasteiger partial charge is 0.0920 e. The zero-order valence-corrected chi connectivity index (χ0v) is 21.9. The highest BCUT2D eigenvalue weighted by molar-refractivity contribution is 5.91. The second-order valence-corrected chi connectivity index (χ2v) is 11.0. The lowest BCUT2D eigenvalue weighted by atomic mass is 9.88. The van der Waals surface area contributed by atoms with Gasteiger partial charge in [-0.15, -0.1) is 0 Å². The summed E-state index contributed by atoms with van der Waals surface area (Å²) in [6.45, 7) is 3.94. The predicted molar refractivity (Wildman–Crippen MR) is 164 cm³/mol. The predicted octanol–water partition coefficient (Wildman–Crippen LogP) is 7.07. The van der Waals surface area contributed by atoms with E-state index in [1.54, 1.807) is 0 Å². The van der Waals surface area contributed by atoms with Crippen LogP contribution in [0.15, 0.2) is 113 Å². The van der Waals surface area contributed by atoms with E-state index in [9.17, 15) is 0 Å². The molecule has 4 aliphatic heterocycles. The molecule has 4 heterocycles. The van der Waals surface area contributed by atoms with Crippen molar-refractivity contribution < 1.29 is 0 Å². The lowest BCUT2D eigenvalue weighted by molar-refractivity contribution is 0.674. The zero-order chi connectivity index (χ0) is 25.9. The van der Waals surface area contributed by atoms with E-state index in [-0.39, 0.29) is 12.1 Å². The summed E-state index contributed by atoms with van der Waals surface area (Å²) in [4.78, 5) is 0. The molecule has 0 amide bonds. The lowest BCUT2D eigenvalue weighted by Gasteiger charge is -2.34. The molecule has 4 nitrogen and oxygen atoms in total. The monoisotopic (exact) mass is 506 g/mol. The highest BCUT2D eigenvalue weighted by atomic mass is 15.0. The molecule has 8 rings (SSSR count). The summed E-state index contributed by atoms with van der Waals surface area (Å²) in [5, 5.41) is 17.3. The Morgan fingerprint density at radius 1 is 0.769 bits per heavy atom. The number of rotatable bonds is 2. The molecule has 0 fully saturated rings. The highest BCUT2D eigenvalue weighted by Crippen LogP contribution is 2.40. The summed E-state index contributed by atoms with van der Waals surface area (Å²) in [5.74, 6) is 0. The Morgan fingerprint density at radius 2 is 1.67 bits per heavy atom. The van der Waals surface area contributed by atoms with E-state index in [2.05, 4.69) is 131 Å². The molecule has 190 valence electrons. The van der Waals surface area contributed by atoms with Crippen LogP contribution < -0.4 is 21.3 Å². The van der Waals surface area contributed by atoms with E-state index in [1.165, 1.54) is 66.8 Å². The van der Waals surface area contributed by atoms with Crippen LogP contribution in [0.3, 0.4) is 0 Å². The van der Waals surface area contributed by atoms with Gasteiger partial charge < -0.3 is 21.3 Å². The Morgan fingerprint density at radius 3 is 2.62 bits per heavy atom. The molecule has 0 spiro atoms. The Bertz CT molecular complexity index is 1780. The Balaban J connectivity index is 1.11. The fourth-order valence-electron chi connectivity index (χ4n) is 6.29. The molecule has 4 N–H and O–H groups in total. The van der Waals surface area contributed by atoms with Crippen LogP contribution in [0.4, 0.5) is 11.4 Å². The molecule has 3 aromatic carbocycles. The van der Waals surface area contributed by atoms with Crippen LogP contribution >= 0.6 is 0 Å². The fraction of sp³-hybridized carbons (Fsp3) is 0.143. The van der Waals surface area contributed by atoms with Crippen LogP contribution in [0, 0.1) is 0 Å². The maximum atomic E-state index is 3.82. The molecule has 0 bridgehead atoms. The fourth-order valence-corrected chi connectivity index (χ4v) is 6.29. The normalized spacial score (nSPS) is 22.1. The van der Waals surface area contributed by atoms with E-state index in [1.807, 2.05) is 0 Å². The number of dihydropyridines is 2. The maximum Gasteiger partial charge on any atom is 0.0920 e. The number of allylic oxidation sites excluding steroid dienone is 5. The van der Waals surface area contributed by atoms with Crippen LogP contribution in [0.25, 0.3) is 28.6 Å². The SMILES string of the molecule is CC1=CC2=C(NC1)C1NC(c3ccc4ccc(C5C=Cc6ccc7c(c6N5)NCC=C7)cc4c3)=CC=C1C=C2. The van der Waals surface area contributed by atoms with Crippen molar-refractivity contribution in [2.75, 3.05) is 23.7 Å². The van der Waals surface area contributed by atoms with Gasteiger partial charge in [0.1, 0.15) is 0 Å². The molecule has 0 aromatic heterocycles. The molecule has 0 saturated carbocycles. The van der Waals surface area contributed by atoms with Gasteiger partial charge in [-0.05, 0) is 69.3 Å². The van der Waals surface area contributed by atoms with Gasteiger partial charge >= 0.3 is 0 Å². The van der Waals surface area contributed by atoms with Crippen LogP contribution in [0.5, 0.6) is 0 Å². The van der Waals surface area contributed by atoms with E-state index in [0.29, 0.717) is 0 Å². The third-order valence-corrected chi connectivity index (χ3v) is 8.36. The summed E-state index contributed by atoms with van der Waals surface area (Å²) in [6.07, 6.45) is 20.1. The van der Waals surface area contributed by atoms with Gasteiger partial charge in [-0.1, -0.05) is 90.6 Å². The lowest BCUT2D eigenvalue weighted by Crippen LogP contribution is -2.41. The molecule has 0 radical (unpaired) electrons. The van der Waals surface area contributed by atoms with Crippen molar-refractivity contribution in [2.45, 2.75) is 19.0 Å². The largest absolute Gasteiger partial charge is 0.382 e. The van der Waals surface area contributed by atoms with Crippen molar-refractivity contribution in [3.8, 4) is 0 Å². The van der Waals surface area contributed by atoms with E-state index in [4.69, 9.17) is 0 Å². The number of hydrogen-bond donors (Lipinski definition) is 4. The van der Waals surface area contributed by atoms with Crippen molar-refractivity contribution >= 4 is 40.0 Å². The van der Waals surface area contributed by atoms with Crippen molar-refractivity contribution in [2.24, 2.45) is 0 Å². The molecule has 0 saturated heterocycles. The Labute approximate surface area is 228 Å². The first kappa shape index (κ1) is 22.3. The van der Waals surface area contributed by atoms with E-state index < -0.39 is 0 Å². The molecule has 2 unspecified atom stereocenters. The summed E-state index contributed by atoms with van der Waals surface area (Å²) in [5.41, 5.74) is 13.7. The molecule has 39 heavy (non-hydrogen) atoms. The molecule has 1 aliphatic carbocycles. The molecular weight excluding hydrogens is 476 g/mol. The molecule has 4 heteroatoms. The Kier molecular flexibility index (Phi) is 4.96. The molecule has 2 atom stereocenters. The first-order valence-electron chi connectivity index (χ1n) is 13.8. The van der Waals surface area contributed by atoms with Gasteiger partial charge in [0.05, 0.1) is 23.5 Å². The first-order valence-corrected chi connectivity index (χ1v) is 13.8. The summed E-state index contributed by atoms with van der Waals surface area (Å²) >= 11 is 0. The minimum Gasteiger partial charge on any atom is -0.382 e. The second-order valence-electron chi connectivity index (χ2n) is 11.0. The molecule has 3 aromatic rings. The van der Waals surface area contributed by atoms with Gasteiger partial charge in [0.15, 0.2) is 0 Å². The van der Waals surface area contributed by atoms with Crippen LogP contribution in [-0.4, -0.2) is 19.1 Å². The summed E-state index contributed by atoms with van der Waals surface area (Å²) in [6, 6.07) is 18.3. The zero-order valence-electron chi connectivity index (χ0n) is 21.9.